The van der Waals surface area contributed by atoms with E-state index >= 15 is 0 Å². The van der Waals surface area contributed by atoms with Crippen molar-refractivity contribution in [3.05, 3.63) is 0 Å². The molecule has 0 aliphatic heterocycles. The third-order valence-electron chi connectivity index (χ3n) is 0. The van der Waals surface area contributed by atoms with Crippen LogP contribution in [0.3, 0.4) is 0 Å². The van der Waals surface area contributed by atoms with Crippen LogP contribution < -0.4 is 5.73 Å². The van der Waals surface area contributed by atoms with Crippen molar-refractivity contribution in [1.29, 1.82) is 0 Å². The van der Waals surface area contributed by atoms with Crippen LogP contribution in [0.5, 0.6) is 0 Å². The summed E-state index contributed by atoms with van der Waals surface area (Å²) in [4.78, 5) is 0. The molecule has 0 aromatic rings. The van der Waals surface area contributed by atoms with Gasteiger partial charge < -0.3 is 5.73 Å². The number of rotatable bonds is 0. The number of hydrogen-bond donors (Lipinski definition) is 1. The van der Waals surface area contributed by atoms with Gasteiger partial charge >= 0.3 is 0 Å². The normalized spacial score (nSPS) is 10.0. The van der Waals surface area contributed by atoms with Crippen molar-refractivity contribution < 1.29 is 0 Å². The van der Waals surface area contributed by atoms with Gasteiger partial charge in [0.25, 0.3) is 0 Å². The largest absolute Gasteiger partial charge is 0.326 e. The maximum atomic E-state index is 5.35. The quantitative estimate of drug-likeness (QED) is 0.450. The Kier molecular flexibility index (Phi) is 6.30. The molecule has 6 heavy (non-hydrogen) atoms. The number of nitrogens with two attached hydrogens (primary N) is 1. The van der Waals surface area contributed by atoms with Crippen LogP contribution in [0.1, 0.15) is 20.8 Å². The molecule has 0 amide bonds. The van der Waals surface area contributed by atoms with Crippen LogP contribution >= 0.6 is 0 Å². The Morgan fingerprint density at radius 1 is 1.17 bits per heavy atom. The van der Waals surface area contributed by atoms with Gasteiger partial charge in [-0.05, 0) is 20.8 Å². The molecule has 33 valence electrons. The maximum absolute atomic E-state index is 5.35. The second kappa shape index (κ2) is 3.58. The summed E-state index contributed by atoms with van der Waals surface area (Å²) in [7, 11) is 0. The average Bonchev–Trinajstić information content (AvgIpc) is 0.722. The van der Waals surface area contributed by atoms with Gasteiger partial charge in [-0.1, -0.05) is 0 Å². The second-order valence-electron chi connectivity index (χ2n) is 2.37. The van der Waals surface area contributed by atoms with Crippen molar-refractivity contribution >= 4 is 51.4 Å². The molecule has 0 aliphatic rings. The predicted molar refractivity (Wildman–Crippen MR) is 29.7 cm³/mol. The first-order chi connectivity index (χ1) is 2.00. The Morgan fingerprint density at radius 2 is 1.17 bits per heavy atom. The van der Waals surface area contributed by atoms with Crippen molar-refractivity contribution in [2.45, 2.75) is 26.3 Å². The smallest absolute Gasteiger partial charge is 0.00686 e. The Bertz CT molecular complexity index is 23.0. The zero-order chi connectivity index (χ0) is 4.50. The maximum Gasteiger partial charge on any atom is 0.00686 e. The van der Waals surface area contributed by atoms with E-state index in [1.54, 1.807) is 0 Å². The first-order valence-corrected chi connectivity index (χ1v) is 1.79. The third-order valence-corrected chi connectivity index (χ3v) is 0. The molecule has 0 aromatic carbocycles. The van der Waals surface area contributed by atoms with E-state index in [-0.39, 0.29) is 56.9 Å². The van der Waals surface area contributed by atoms with E-state index in [4.69, 9.17) is 5.73 Å². The molecule has 0 bridgehead atoms. The van der Waals surface area contributed by atoms with Gasteiger partial charge in [0.15, 0.2) is 0 Å². The zero-order valence-corrected chi connectivity index (χ0v) is 8.20. The van der Waals surface area contributed by atoms with E-state index in [2.05, 4.69) is 0 Å². The summed E-state index contributed by atoms with van der Waals surface area (Å²) in [6.45, 7) is 5.90. The topological polar surface area (TPSA) is 26.0 Å². The van der Waals surface area contributed by atoms with Crippen LogP contribution in [0.4, 0.5) is 0 Å². The van der Waals surface area contributed by atoms with Crippen LogP contribution in [-0.2, 0) is 0 Å². The van der Waals surface area contributed by atoms with E-state index in [9.17, 15) is 0 Å². The Balaban J connectivity index is 0. The summed E-state index contributed by atoms with van der Waals surface area (Å²) in [5, 5.41) is 0. The predicted octanol–water partition coefficient (Wildman–Crippen LogP) is 0.363. The minimum Gasteiger partial charge on any atom is -0.326 e. The molecule has 2 heteroatoms. The Hall–Kier alpha value is 1.60. The SMILES string of the molecule is CC(C)(C)N.[K]. The van der Waals surface area contributed by atoms with Gasteiger partial charge in [0, 0.05) is 56.9 Å². The second-order valence-corrected chi connectivity index (χ2v) is 2.37. The van der Waals surface area contributed by atoms with E-state index in [0.717, 1.165) is 0 Å². The molecule has 2 N–H and O–H groups in total. The molecule has 0 saturated carbocycles. The fourth-order valence-electron chi connectivity index (χ4n) is 0. The Labute approximate surface area is 82.1 Å². The monoisotopic (exact) mass is 112 g/mol. The minimum atomic E-state index is 0. The minimum absolute atomic E-state index is 0. The van der Waals surface area contributed by atoms with E-state index in [1.165, 1.54) is 0 Å². The molecule has 0 aliphatic carbocycles. The molecule has 0 aromatic heterocycles. The summed E-state index contributed by atoms with van der Waals surface area (Å²) in [6, 6.07) is 0. The van der Waals surface area contributed by atoms with Crippen LogP contribution in [0.2, 0.25) is 0 Å². The molecule has 0 heterocycles. The first kappa shape index (κ1) is 10.6. The van der Waals surface area contributed by atoms with E-state index in [0.29, 0.717) is 0 Å². The van der Waals surface area contributed by atoms with Gasteiger partial charge in [0.1, 0.15) is 0 Å². The summed E-state index contributed by atoms with van der Waals surface area (Å²) in [5.74, 6) is 0. The van der Waals surface area contributed by atoms with E-state index < -0.39 is 0 Å². The van der Waals surface area contributed by atoms with Crippen LogP contribution in [0.15, 0.2) is 0 Å². The molecule has 0 rings (SSSR count). The zero-order valence-electron chi connectivity index (χ0n) is 5.08. The van der Waals surface area contributed by atoms with E-state index in [1.807, 2.05) is 20.8 Å². The fourth-order valence-corrected chi connectivity index (χ4v) is 0. The molecule has 0 unspecified atom stereocenters. The summed E-state index contributed by atoms with van der Waals surface area (Å²) in [5.41, 5.74) is 5.35. The molecule has 0 spiro atoms. The molecule has 0 saturated heterocycles. The van der Waals surface area contributed by atoms with Gasteiger partial charge in [0.2, 0.25) is 0 Å². The van der Waals surface area contributed by atoms with Gasteiger partial charge in [-0.15, -0.1) is 0 Å². The van der Waals surface area contributed by atoms with Crippen molar-refractivity contribution in [3.8, 4) is 0 Å². The molecule has 0 fully saturated rings. The van der Waals surface area contributed by atoms with Gasteiger partial charge in [-0.2, -0.15) is 0 Å². The van der Waals surface area contributed by atoms with Crippen molar-refractivity contribution in [2.75, 3.05) is 0 Å². The van der Waals surface area contributed by atoms with Crippen LogP contribution in [0, 0.1) is 0 Å². The van der Waals surface area contributed by atoms with Crippen molar-refractivity contribution in [1.82, 2.24) is 0 Å². The summed E-state index contributed by atoms with van der Waals surface area (Å²) < 4.78 is 0. The third kappa shape index (κ3) is 46.4. The number of hydrogen-bond acceptors (Lipinski definition) is 1. The standard InChI is InChI=1S/C4H11N.K/c1-4(2,3)5;/h5H2,1-3H3;. The van der Waals surface area contributed by atoms with Crippen molar-refractivity contribution in [3.63, 3.8) is 0 Å². The summed E-state index contributed by atoms with van der Waals surface area (Å²) in [6.07, 6.45) is 0. The molecule has 0 atom stereocenters. The first-order valence-electron chi connectivity index (χ1n) is 1.79. The molecule has 1 nitrogen and oxygen atoms in total. The molecular formula is C4H11KN. The van der Waals surface area contributed by atoms with Gasteiger partial charge in [0.05, 0.1) is 0 Å². The average molecular weight is 112 g/mol. The van der Waals surface area contributed by atoms with Crippen LogP contribution in [0.25, 0.3) is 0 Å². The Morgan fingerprint density at radius 3 is 1.17 bits per heavy atom. The molecule has 1 radical (unpaired) electrons. The fraction of sp³-hybridized carbons (Fsp3) is 1.00. The van der Waals surface area contributed by atoms with Crippen LogP contribution in [-0.4, -0.2) is 56.9 Å². The van der Waals surface area contributed by atoms with Gasteiger partial charge in [-0.25, -0.2) is 0 Å². The molecular weight excluding hydrogens is 101 g/mol. The van der Waals surface area contributed by atoms with Gasteiger partial charge in [-0.3, -0.25) is 0 Å². The van der Waals surface area contributed by atoms with Crippen molar-refractivity contribution in [2.24, 2.45) is 5.73 Å². The summed E-state index contributed by atoms with van der Waals surface area (Å²) >= 11 is 0.